The first-order valence-corrected chi connectivity index (χ1v) is 8.78. The third-order valence-electron chi connectivity index (χ3n) is 4.18. The lowest BCUT2D eigenvalue weighted by molar-refractivity contribution is 0.0677. The van der Waals surface area contributed by atoms with Crippen molar-refractivity contribution in [3.05, 3.63) is 53.9 Å². The van der Waals surface area contributed by atoms with Crippen molar-refractivity contribution in [1.82, 2.24) is 24.6 Å². The minimum absolute atomic E-state index is 0.0477. The number of piperidine rings is 1. The summed E-state index contributed by atoms with van der Waals surface area (Å²) < 4.78 is 1.95. The quantitative estimate of drug-likeness (QED) is 0.736. The van der Waals surface area contributed by atoms with Crippen LogP contribution in [-0.2, 0) is 0 Å². The molecule has 1 saturated heterocycles. The van der Waals surface area contributed by atoms with Crippen molar-refractivity contribution in [1.29, 1.82) is 0 Å². The smallest absolute Gasteiger partial charge is 0.265 e. The predicted molar refractivity (Wildman–Crippen MR) is 91.7 cm³/mol. The Bertz CT molecular complexity index is 815. The highest BCUT2D eigenvalue weighted by Gasteiger charge is 2.27. The monoisotopic (exact) mass is 339 g/mol. The van der Waals surface area contributed by atoms with Gasteiger partial charge in [0, 0.05) is 31.7 Å². The van der Waals surface area contributed by atoms with Crippen LogP contribution >= 0.6 is 11.3 Å². The van der Waals surface area contributed by atoms with Crippen molar-refractivity contribution < 1.29 is 4.79 Å². The summed E-state index contributed by atoms with van der Waals surface area (Å²) in [6, 6.07) is 7.86. The number of hydrogen-bond donors (Lipinski definition) is 0. The average molecular weight is 339 g/mol. The molecule has 7 heteroatoms. The molecule has 3 aromatic heterocycles. The van der Waals surface area contributed by atoms with E-state index in [2.05, 4.69) is 15.1 Å². The van der Waals surface area contributed by atoms with Crippen LogP contribution in [-0.4, -0.2) is 43.6 Å². The summed E-state index contributed by atoms with van der Waals surface area (Å²) in [5, 5.41) is 5.09. The molecule has 1 atom stereocenters. The van der Waals surface area contributed by atoms with Gasteiger partial charge in [-0.3, -0.25) is 14.5 Å². The van der Waals surface area contributed by atoms with Crippen LogP contribution in [0.4, 0.5) is 0 Å². The molecule has 0 saturated carbocycles. The second-order valence-electron chi connectivity index (χ2n) is 5.78. The molecule has 1 aliphatic rings. The molecule has 4 heterocycles. The van der Waals surface area contributed by atoms with E-state index in [0.29, 0.717) is 11.4 Å². The van der Waals surface area contributed by atoms with E-state index in [4.69, 9.17) is 0 Å². The molecule has 1 aliphatic heterocycles. The summed E-state index contributed by atoms with van der Waals surface area (Å²) in [6.07, 6.45) is 9.18. The van der Waals surface area contributed by atoms with Gasteiger partial charge in [-0.05, 0) is 31.0 Å². The summed E-state index contributed by atoms with van der Waals surface area (Å²) in [5.74, 6) is 0.0477. The Morgan fingerprint density at radius 3 is 2.96 bits per heavy atom. The van der Waals surface area contributed by atoms with E-state index in [0.717, 1.165) is 30.1 Å². The van der Waals surface area contributed by atoms with Gasteiger partial charge in [0.15, 0.2) is 0 Å². The van der Waals surface area contributed by atoms with Crippen LogP contribution in [0.2, 0.25) is 0 Å². The van der Waals surface area contributed by atoms with Gasteiger partial charge in [0.2, 0.25) is 0 Å². The third-order valence-corrected chi connectivity index (χ3v) is 5.19. The lowest BCUT2D eigenvalue weighted by Gasteiger charge is -2.32. The minimum atomic E-state index is 0.0477. The van der Waals surface area contributed by atoms with Crippen molar-refractivity contribution in [3.8, 4) is 10.7 Å². The first-order chi connectivity index (χ1) is 11.8. The molecule has 0 aliphatic carbocycles. The molecular formula is C17H17N5OS. The molecule has 6 nitrogen and oxygen atoms in total. The van der Waals surface area contributed by atoms with Gasteiger partial charge in [-0.2, -0.15) is 5.10 Å². The molecule has 1 fully saturated rings. The maximum absolute atomic E-state index is 12.8. The molecule has 24 heavy (non-hydrogen) atoms. The highest BCUT2D eigenvalue weighted by Crippen LogP contribution is 2.27. The number of nitrogens with zero attached hydrogens (tertiary/aromatic N) is 5. The molecule has 4 rings (SSSR count). The van der Waals surface area contributed by atoms with Gasteiger partial charge in [-0.15, -0.1) is 11.3 Å². The van der Waals surface area contributed by atoms with E-state index in [1.54, 1.807) is 18.6 Å². The van der Waals surface area contributed by atoms with Gasteiger partial charge < -0.3 is 4.90 Å². The van der Waals surface area contributed by atoms with Crippen LogP contribution in [0.3, 0.4) is 0 Å². The second-order valence-corrected chi connectivity index (χ2v) is 6.81. The van der Waals surface area contributed by atoms with Crippen LogP contribution < -0.4 is 0 Å². The van der Waals surface area contributed by atoms with Crippen LogP contribution in [0.1, 0.15) is 28.6 Å². The zero-order valence-corrected chi connectivity index (χ0v) is 13.9. The number of carbonyl (C=O) groups is 1. The standard InChI is InChI=1S/C17H17N5OS/c23-17(15-11-19-16(24-15)14-6-1-2-7-18-14)21-9-3-5-13(12-21)22-10-4-8-20-22/h1-2,4,6-8,10-11,13H,3,5,9,12H2/t13-/m1/s1. The van der Waals surface area contributed by atoms with Crippen LogP contribution in [0.5, 0.6) is 0 Å². The number of pyridine rings is 1. The topological polar surface area (TPSA) is 63.9 Å². The molecule has 0 aromatic carbocycles. The van der Waals surface area contributed by atoms with Crippen LogP contribution in [0.15, 0.2) is 49.1 Å². The highest BCUT2D eigenvalue weighted by molar-refractivity contribution is 7.16. The molecule has 3 aromatic rings. The fourth-order valence-corrected chi connectivity index (χ4v) is 3.85. The van der Waals surface area contributed by atoms with Crippen molar-refractivity contribution in [2.45, 2.75) is 18.9 Å². The van der Waals surface area contributed by atoms with Crippen LogP contribution in [0.25, 0.3) is 10.7 Å². The summed E-state index contributed by atoms with van der Waals surface area (Å²) in [6.45, 7) is 1.48. The Morgan fingerprint density at radius 2 is 2.17 bits per heavy atom. The fourth-order valence-electron chi connectivity index (χ4n) is 2.99. The van der Waals surface area contributed by atoms with Gasteiger partial charge in [-0.25, -0.2) is 4.98 Å². The Labute approximate surface area is 143 Å². The molecule has 0 spiro atoms. The zero-order valence-electron chi connectivity index (χ0n) is 13.1. The molecule has 122 valence electrons. The first kappa shape index (κ1) is 15.0. The lowest BCUT2D eigenvalue weighted by atomic mass is 10.1. The SMILES string of the molecule is O=C(c1cnc(-c2ccccn2)s1)N1CCC[C@@H](n2cccn2)C1. The lowest BCUT2D eigenvalue weighted by Crippen LogP contribution is -2.40. The maximum Gasteiger partial charge on any atom is 0.265 e. The number of likely N-dealkylation sites (tertiary alicyclic amines) is 1. The van der Waals surface area contributed by atoms with Crippen molar-refractivity contribution in [3.63, 3.8) is 0 Å². The Balaban J connectivity index is 1.50. The molecule has 0 bridgehead atoms. The molecule has 0 N–H and O–H groups in total. The number of aromatic nitrogens is 4. The van der Waals surface area contributed by atoms with E-state index in [1.807, 2.05) is 40.0 Å². The van der Waals surface area contributed by atoms with Gasteiger partial charge in [-0.1, -0.05) is 6.07 Å². The minimum Gasteiger partial charge on any atom is -0.336 e. The number of amides is 1. The predicted octanol–water partition coefficient (Wildman–Crippen LogP) is 2.88. The van der Waals surface area contributed by atoms with E-state index in [-0.39, 0.29) is 11.9 Å². The Morgan fingerprint density at radius 1 is 1.21 bits per heavy atom. The Kier molecular flexibility index (Phi) is 4.08. The van der Waals surface area contributed by atoms with E-state index in [1.165, 1.54) is 11.3 Å². The maximum atomic E-state index is 12.8. The number of thiazole rings is 1. The average Bonchev–Trinajstić information content (AvgIpc) is 3.34. The molecule has 0 radical (unpaired) electrons. The first-order valence-electron chi connectivity index (χ1n) is 7.97. The summed E-state index contributed by atoms with van der Waals surface area (Å²) in [4.78, 5) is 24.0. The molecule has 1 amide bonds. The molecular weight excluding hydrogens is 322 g/mol. The van der Waals surface area contributed by atoms with Crippen molar-refractivity contribution >= 4 is 17.2 Å². The van der Waals surface area contributed by atoms with Crippen molar-refractivity contribution in [2.24, 2.45) is 0 Å². The number of hydrogen-bond acceptors (Lipinski definition) is 5. The largest absolute Gasteiger partial charge is 0.336 e. The second kappa shape index (κ2) is 6.52. The van der Waals surface area contributed by atoms with E-state index < -0.39 is 0 Å². The van der Waals surface area contributed by atoms with E-state index >= 15 is 0 Å². The van der Waals surface area contributed by atoms with Gasteiger partial charge in [0.05, 0.1) is 17.9 Å². The third kappa shape index (κ3) is 2.94. The normalized spacial score (nSPS) is 17.8. The number of carbonyl (C=O) groups excluding carboxylic acids is 1. The van der Waals surface area contributed by atoms with Gasteiger partial charge in [0.1, 0.15) is 9.88 Å². The summed E-state index contributed by atoms with van der Waals surface area (Å²) in [5.41, 5.74) is 0.801. The summed E-state index contributed by atoms with van der Waals surface area (Å²) in [7, 11) is 0. The summed E-state index contributed by atoms with van der Waals surface area (Å²) >= 11 is 1.40. The van der Waals surface area contributed by atoms with Gasteiger partial charge in [0.25, 0.3) is 5.91 Å². The van der Waals surface area contributed by atoms with Crippen LogP contribution in [0, 0.1) is 0 Å². The number of rotatable bonds is 3. The zero-order chi connectivity index (χ0) is 16.4. The highest BCUT2D eigenvalue weighted by atomic mass is 32.1. The Hall–Kier alpha value is -2.54. The molecule has 0 unspecified atom stereocenters. The fraction of sp³-hybridized carbons (Fsp3) is 0.294. The van der Waals surface area contributed by atoms with Crippen molar-refractivity contribution in [2.75, 3.05) is 13.1 Å². The van der Waals surface area contributed by atoms with Gasteiger partial charge >= 0.3 is 0 Å². The van der Waals surface area contributed by atoms with E-state index in [9.17, 15) is 4.79 Å².